The molecule has 1 atom stereocenters. The van der Waals surface area contributed by atoms with E-state index in [2.05, 4.69) is 43.3 Å². The van der Waals surface area contributed by atoms with Gasteiger partial charge in [-0.15, -0.1) is 5.10 Å². The van der Waals surface area contributed by atoms with Crippen LogP contribution >= 0.6 is 0 Å². The zero-order valence-corrected chi connectivity index (χ0v) is 22.0. The molecule has 1 unspecified atom stereocenters. The molecule has 198 valence electrons. The third kappa shape index (κ3) is 5.05. The number of pyridine rings is 1. The summed E-state index contributed by atoms with van der Waals surface area (Å²) in [6.45, 7) is 7.42. The molecule has 0 spiro atoms. The molecule has 9 heteroatoms. The average Bonchev–Trinajstić information content (AvgIpc) is 3.38. The number of nitrogens with one attached hydrogen (secondary N) is 1. The number of halogens is 1. The number of hydrogen-bond acceptors (Lipinski definition) is 6. The van der Waals surface area contributed by atoms with Crippen LogP contribution in [0.3, 0.4) is 0 Å². The summed E-state index contributed by atoms with van der Waals surface area (Å²) in [5.74, 6) is 0.382. The number of anilines is 1. The number of aryl methyl sites for hydroxylation is 2. The predicted molar refractivity (Wildman–Crippen MR) is 149 cm³/mol. The van der Waals surface area contributed by atoms with Gasteiger partial charge < -0.3 is 9.88 Å². The normalized spacial score (nSPS) is 15.1. The minimum atomic E-state index is -0.437. The van der Waals surface area contributed by atoms with Crippen LogP contribution in [0.5, 0.6) is 0 Å². The first-order valence-electron chi connectivity index (χ1n) is 13.1. The van der Waals surface area contributed by atoms with E-state index < -0.39 is 6.04 Å². The first kappa shape index (κ1) is 24.9. The van der Waals surface area contributed by atoms with Gasteiger partial charge in [0, 0.05) is 48.3 Å². The summed E-state index contributed by atoms with van der Waals surface area (Å²) >= 11 is 0. The summed E-state index contributed by atoms with van der Waals surface area (Å²) in [4.78, 5) is 21.2. The van der Waals surface area contributed by atoms with Gasteiger partial charge in [-0.1, -0.05) is 36.4 Å². The lowest BCUT2D eigenvalue weighted by atomic mass is 9.99. The Hall–Kier alpha value is -4.37. The molecule has 0 radical (unpaired) electrons. The molecule has 6 rings (SSSR count). The quantitative estimate of drug-likeness (QED) is 0.359. The summed E-state index contributed by atoms with van der Waals surface area (Å²) in [6, 6.07) is 22.3. The first-order chi connectivity index (χ1) is 19.0. The van der Waals surface area contributed by atoms with Gasteiger partial charge in [-0.05, 0) is 77.4 Å². The van der Waals surface area contributed by atoms with E-state index in [1.165, 1.54) is 12.1 Å². The standard InChI is InChI=1S/C30H30FN7O/c1-20-16-21(2)25-18-26(30(39)32-27(25)17-20)28(29-33-34-35-38(29)19-22-6-4-3-5-7-22)37-14-12-36(13-15-37)24-10-8-23(31)9-11-24/h3-11,16-18,28H,12-15,19H2,1-2H3,(H,32,39). The summed E-state index contributed by atoms with van der Waals surface area (Å²) in [5, 5.41) is 13.8. The molecule has 0 saturated carbocycles. The lowest BCUT2D eigenvalue weighted by Crippen LogP contribution is -2.49. The number of aromatic nitrogens is 5. The van der Waals surface area contributed by atoms with Crippen molar-refractivity contribution in [2.45, 2.75) is 26.4 Å². The van der Waals surface area contributed by atoms with Crippen molar-refractivity contribution < 1.29 is 4.39 Å². The van der Waals surface area contributed by atoms with Crippen molar-refractivity contribution in [1.29, 1.82) is 0 Å². The molecule has 1 saturated heterocycles. The van der Waals surface area contributed by atoms with Crippen LogP contribution < -0.4 is 10.5 Å². The molecule has 2 aromatic heterocycles. The zero-order valence-electron chi connectivity index (χ0n) is 22.0. The number of nitrogens with zero attached hydrogens (tertiary/aromatic N) is 6. The molecule has 1 fully saturated rings. The van der Waals surface area contributed by atoms with Gasteiger partial charge in [-0.3, -0.25) is 9.69 Å². The summed E-state index contributed by atoms with van der Waals surface area (Å²) in [5.41, 5.74) is 5.56. The van der Waals surface area contributed by atoms with Gasteiger partial charge in [0.05, 0.1) is 6.54 Å². The van der Waals surface area contributed by atoms with E-state index >= 15 is 0 Å². The van der Waals surface area contributed by atoms with Crippen molar-refractivity contribution in [3.8, 4) is 0 Å². The number of hydrogen-bond donors (Lipinski definition) is 1. The van der Waals surface area contributed by atoms with Gasteiger partial charge in [-0.2, -0.15) is 0 Å². The number of piperazine rings is 1. The Morgan fingerprint density at radius 1 is 0.949 bits per heavy atom. The topological polar surface area (TPSA) is 82.9 Å². The molecule has 1 N–H and O–H groups in total. The number of H-pyrrole nitrogens is 1. The highest BCUT2D eigenvalue weighted by Crippen LogP contribution is 2.30. The fraction of sp³-hybridized carbons (Fsp3) is 0.267. The maximum absolute atomic E-state index is 13.6. The van der Waals surface area contributed by atoms with Crippen LogP contribution in [0.25, 0.3) is 10.9 Å². The molecule has 3 aromatic carbocycles. The first-order valence-corrected chi connectivity index (χ1v) is 13.1. The molecule has 0 bridgehead atoms. The van der Waals surface area contributed by atoms with Crippen LogP contribution in [0.4, 0.5) is 10.1 Å². The summed E-state index contributed by atoms with van der Waals surface area (Å²) in [7, 11) is 0. The Morgan fingerprint density at radius 3 is 2.44 bits per heavy atom. The zero-order chi connectivity index (χ0) is 26.9. The largest absolute Gasteiger partial charge is 0.369 e. The van der Waals surface area contributed by atoms with E-state index in [1.807, 2.05) is 61.5 Å². The molecule has 0 aliphatic carbocycles. The third-order valence-electron chi connectivity index (χ3n) is 7.49. The Bertz CT molecular complexity index is 1660. The van der Waals surface area contributed by atoms with E-state index in [0.717, 1.165) is 46.4 Å². The van der Waals surface area contributed by atoms with Gasteiger partial charge in [0.1, 0.15) is 11.9 Å². The Balaban J connectivity index is 1.40. The number of fused-ring (bicyclic) bond motifs is 1. The van der Waals surface area contributed by atoms with E-state index in [0.29, 0.717) is 31.0 Å². The van der Waals surface area contributed by atoms with E-state index in [-0.39, 0.29) is 11.4 Å². The number of aromatic amines is 1. The molecule has 8 nitrogen and oxygen atoms in total. The van der Waals surface area contributed by atoms with Gasteiger partial charge in [-0.25, -0.2) is 9.07 Å². The fourth-order valence-corrected chi connectivity index (χ4v) is 5.56. The van der Waals surface area contributed by atoms with Gasteiger partial charge in [0.2, 0.25) is 0 Å². The molecule has 1 aliphatic rings. The molecule has 5 aromatic rings. The highest BCUT2D eigenvalue weighted by molar-refractivity contribution is 5.83. The van der Waals surface area contributed by atoms with Crippen molar-refractivity contribution >= 4 is 16.6 Å². The highest BCUT2D eigenvalue weighted by atomic mass is 19.1. The summed E-state index contributed by atoms with van der Waals surface area (Å²) in [6.07, 6.45) is 0. The Labute approximate surface area is 225 Å². The molecular weight excluding hydrogens is 493 g/mol. The third-order valence-corrected chi connectivity index (χ3v) is 7.49. The number of rotatable bonds is 6. The second-order valence-electron chi connectivity index (χ2n) is 10.2. The van der Waals surface area contributed by atoms with E-state index in [1.54, 1.807) is 4.68 Å². The maximum atomic E-state index is 13.6. The molecule has 0 amide bonds. The van der Waals surface area contributed by atoms with Crippen molar-refractivity contribution in [3.05, 3.63) is 117 Å². The number of benzene rings is 3. The van der Waals surface area contributed by atoms with Gasteiger partial charge in [0.25, 0.3) is 5.56 Å². The molecular formula is C30H30FN7O. The van der Waals surface area contributed by atoms with E-state index in [9.17, 15) is 9.18 Å². The average molecular weight is 524 g/mol. The van der Waals surface area contributed by atoms with Crippen molar-refractivity contribution in [2.75, 3.05) is 31.1 Å². The minimum Gasteiger partial charge on any atom is -0.369 e. The van der Waals surface area contributed by atoms with Gasteiger partial charge >= 0.3 is 0 Å². The predicted octanol–water partition coefficient (Wildman–Crippen LogP) is 4.23. The Morgan fingerprint density at radius 2 is 1.69 bits per heavy atom. The highest BCUT2D eigenvalue weighted by Gasteiger charge is 2.33. The SMILES string of the molecule is Cc1cc(C)c2cc(C(c3nnnn3Cc3ccccc3)N3CCN(c4ccc(F)cc4)CC3)c(=O)[nH]c2c1. The molecule has 1 aliphatic heterocycles. The number of tetrazole rings is 1. The smallest absolute Gasteiger partial charge is 0.253 e. The maximum Gasteiger partial charge on any atom is 0.253 e. The minimum absolute atomic E-state index is 0.146. The van der Waals surface area contributed by atoms with E-state index in [4.69, 9.17) is 0 Å². The molecule has 3 heterocycles. The van der Waals surface area contributed by atoms with Crippen LogP contribution in [0.15, 0.2) is 77.6 Å². The van der Waals surface area contributed by atoms with Crippen LogP contribution in [0, 0.1) is 19.7 Å². The van der Waals surface area contributed by atoms with Crippen LogP contribution in [0.1, 0.15) is 34.1 Å². The van der Waals surface area contributed by atoms with Crippen LogP contribution in [-0.2, 0) is 6.54 Å². The monoisotopic (exact) mass is 523 g/mol. The van der Waals surface area contributed by atoms with Gasteiger partial charge in [0.15, 0.2) is 5.82 Å². The summed E-state index contributed by atoms with van der Waals surface area (Å²) < 4.78 is 15.3. The van der Waals surface area contributed by atoms with Crippen LogP contribution in [-0.4, -0.2) is 56.3 Å². The Kier molecular flexibility index (Phi) is 6.66. The lowest BCUT2D eigenvalue weighted by Gasteiger charge is -2.39. The van der Waals surface area contributed by atoms with Crippen molar-refractivity contribution in [1.82, 2.24) is 30.1 Å². The second kappa shape index (κ2) is 10.4. The van der Waals surface area contributed by atoms with Crippen molar-refractivity contribution in [3.63, 3.8) is 0 Å². The molecule has 39 heavy (non-hydrogen) atoms. The lowest BCUT2D eigenvalue weighted by molar-refractivity contribution is 0.200. The van der Waals surface area contributed by atoms with Crippen LogP contribution in [0.2, 0.25) is 0 Å². The van der Waals surface area contributed by atoms with Crippen molar-refractivity contribution in [2.24, 2.45) is 0 Å². The fourth-order valence-electron chi connectivity index (χ4n) is 5.56. The second-order valence-corrected chi connectivity index (χ2v) is 10.2.